The van der Waals surface area contributed by atoms with Crippen molar-refractivity contribution in [3.05, 3.63) is 0 Å². The van der Waals surface area contributed by atoms with Gasteiger partial charge in [0, 0.05) is 27.2 Å². The van der Waals surface area contributed by atoms with Crippen LogP contribution in [0.3, 0.4) is 0 Å². The van der Waals surface area contributed by atoms with E-state index in [1.165, 1.54) is 20.8 Å². The van der Waals surface area contributed by atoms with Gasteiger partial charge >= 0.3 is 17.9 Å². The first-order chi connectivity index (χ1) is 9.29. The van der Waals surface area contributed by atoms with Gasteiger partial charge in [0.1, 0.15) is 18.8 Å². The molecule has 0 aliphatic carbocycles. The molecule has 0 aromatic carbocycles. The van der Waals surface area contributed by atoms with Crippen LogP contribution in [0.5, 0.6) is 0 Å². The second-order valence-corrected chi connectivity index (χ2v) is 4.40. The molecule has 1 aliphatic rings. The fourth-order valence-corrected chi connectivity index (χ4v) is 1.85. The molecule has 8 heteroatoms. The van der Waals surface area contributed by atoms with Crippen LogP contribution >= 0.6 is 0 Å². The van der Waals surface area contributed by atoms with Gasteiger partial charge < -0.3 is 24.1 Å². The topological polar surface area (TPSA) is 108 Å². The van der Waals surface area contributed by atoms with E-state index in [1.54, 1.807) is 0 Å². The Morgan fingerprint density at radius 2 is 1.60 bits per heavy atom. The number of esters is 3. The van der Waals surface area contributed by atoms with Crippen LogP contribution in [0.25, 0.3) is 0 Å². The number of aliphatic hydroxyl groups excluding tert-OH is 1. The number of hydrogen-bond donors (Lipinski definition) is 1. The highest BCUT2D eigenvalue weighted by molar-refractivity contribution is 5.67. The number of hydrogen-bond acceptors (Lipinski definition) is 8. The molecule has 0 aromatic rings. The number of ether oxygens (including phenoxy) is 4. The summed E-state index contributed by atoms with van der Waals surface area (Å²) >= 11 is 0. The lowest BCUT2D eigenvalue weighted by atomic mass is 10.0. The van der Waals surface area contributed by atoms with Crippen LogP contribution in [-0.4, -0.2) is 54.2 Å². The maximum atomic E-state index is 11.1. The van der Waals surface area contributed by atoms with E-state index in [0.717, 1.165) is 0 Å². The van der Waals surface area contributed by atoms with Crippen LogP contribution in [0.15, 0.2) is 0 Å². The highest BCUT2D eigenvalue weighted by atomic mass is 16.7. The monoisotopic (exact) mass is 290 g/mol. The fraction of sp³-hybridized carbons (Fsp3) is 0.750. The summed E-state index contributed by atoms with van der Waals surface area (Å²) in [6, 6.07) is 0. The predicted octanol–water partition coefficient (Wildman–Crippen LogP) is -0.480. The third kappa shape index (κ3) is 5.14. The third-order valence-electron chi connectivity index (χ3n) is 2.60. The van der Waals surface area contributed by atoms with E-state index >= 15 is 0 Å². The molecule has 0 amide bonds. The molecule has 0 aromatic heterocycles. The first-order valence-electron chi connectivity index (χ1n) is 6.11. The van der Waals surface area contributed by atoms with E-state index in [9.17, 15) is 19.5 Å². The average molecular weight is 290 g/mol. The van der Waals surface area contributed by atoms with Crippen molar-refractivity contribution in [2.75, 3.05) is 6.61 Å². The first-order valence-corrected chi connectivity index (χ1v) is 6.11. The van der Waals surface area contributed by atoms with Crippen molar-refractivity contribution in [3.8, 4) is 0 Å². The van der Waals surface area contributed by atoms with Gasteiger partial charge in [-0.2, -0.15) is 0 Å². The predicted molar refractivity (Wildman–Crippen MR) is 63.2 cm³/mol. The lowest BCUT2D eigenvalue weighted by Crippen LogP contribution is -2.51. The fourth-order valence-electron chi connectivity index (χ4n) is 1.85. The highest BCUT2D eigenvalue weighted by Crippen LogP contribution is 2.24. The van der Waals surface area contributed by atoms with Gasteiger partial charge in [0.15, 0.2) is 12.4 Å². The number of rotatable bonds is 4. The zero-order chi connectivity index (χ0) is 15.3. The van der Waals surface area contributed by atoms with Crippen molar-refractivity contribution in [1.82, 2.24) is 0 Å². The highest BCUT2D eigenvalue weighted by Gasteiger charge is 2.41. The Kier molecular flexibility index (Phi) is 5.90. The van der Waals surface area contributed by atoms with Crippen molar-refractivity contribution in [1.29, 1.82) is 0 Å². The van der Waals surface area contributed by atoms with Crippen molar-refractivity contribution < 1.29 is 38.4 Å². The van der Waals surface area contributed by atoms with E-state index in [1.807, 2.05) is 0 Å². The van der Waals surface area contributed by atoms with E-state index < -0.39 is 42.5 Å². The Labute approximate surface area is 115 Å². The van der Waals surface area contributed by atoms with Gasteiger partial charge in [-0.25, -0.2) is 0 Å². The number of carbonyl (C=O) groups is 3. The average Bonchev–Trinajstić information content (AvgIpc) is 2.29. The number of aliphatic hydroxyl groups is 1. The molecule has 0 saturated carbocycles. The molecule has 0 bridgehead atoms. The second kappa shape index (κ2) is 7.20. The first kappa shape index (κ1) is 16.4. The molecular weight excluding hydrogens is 272 g/mol. The Hall–Kier alpha value is -1.67. The molecule has 1 aliphatic heterocycles. The molecule has 1 fully saturated rings. The quantitative estimate of drug-likeness (QED) is 0.546. The molecule has 4 atom stereocenters. The molecule has 114 valence electrons. The zero-order valence-electron chi connectivity index (χ0n) is 11.5. The van der Waals surface area contributed by atoms with Crippen molar-refractivity contribution in [2.45, 2.75) is 51.8 Å². The van der Waals surface area contributed by atoms with Gasteiger partial charge in [-0.15, -0.1) is 0 Å². The van der Waals surface area contributed by atoms with Crippen molar-refractivity contribution in [2.24, 2.45) is 0 Å². The van der Waals surface area contributed by atoms with Gasteiger partial charge in [0.05, 0.1) is 0 Å². The number of carbonyl (C=O) groups excluding carboxylic acids is 3. The lowest BCUT2D eigenvalue weighted by Gasteiger charge is -2.37. The molecule has 1 saturated heterocycles. The summed E-state index contributed by atoms with van der Waals surface area (Å²) in [7, 11) is 0. The Morgan fingerprint density at radius 3 is 2.10 bits per heavy atom. The normalized spacial score (nSPS) is 29.4. The molecule has 1 rings (SSSR count). The summed E-state index contributed by atoms with van der Waals surface area (Å²) in [5.41, 5.74) is 0. The van der Waals surface area contributed by atoms with Crippen LogP contribution < -0.4 is 0 Å². The molecule has 8 nitrogen and oxygen atoms in total. The summed E-state index contributed by atoms with van der Waals surface area (Å²) < 4.78 is 19.9. The Bertz CT molecular complexity index is 380. The Morgan fingerprint density at radius 1 is 1.05 bits per heavy atom. The summed E-state index contributed by atoms with van der Waals surface area (Å²) in [5, 5.41) is 9.72. The molecule has 20 heavy (non-hydrogen) atoms. The van der Waals surface area contributed by atoms with Gasteiger partial charge in [-0.1, -0.05) is 0 Å². The summed E-state index contributed by atoms with van der Waals surface area (Å²) in [4.78, 5) is 32.8. The van der Waals surface area contributed by atoms with Crippen LogP contribution in [0, 0.1) is 0 Å². The van der Waals surface area contributed by atoms with Crippen molar-refractivity contribution in [3.63, 3.8) is 0 Å². The molecule has 1 unspecified atom stereocenters. The maximum Gasteiger partial charge on any atom is 0.303 e. The summed E-state index contributed by atoms with van der Waals surface area (Å²) in [6.45, 7) is 3.46. The van der Waals surface area contributed by atoms with Crippen LogP contribution in [0.4, 0.5) is 0 Å². The van der Waals surface area contributed by atoms with Gasteiger partial charge in [0.2, 0.25) is 0 Å². The van der Waals surface area contributed by atoms with Crippen LogP contribution in [-0.2, 0) is 33.3 Å². The minimum atomic E-state index is -1.37. The standard InChI is InChI=1S/C12H18O8/c1-6(13)17-5-11-9(18-7(2)14)4-10(12(16)20-11)19-8(3)15/h9-12,16H,4-5H2,1-3H3/t9-,10+,11+,12?/m0/s1. The minimum absolute atomic E-state index is 0.0618. The smallest absolute Gasteiger partial charge is 0.303 e. The lowest BCUT2D eigenvalue weighted by molar-refractivity contribution is -0.262. The largest absolute Gasteiger partial charge is 0.463 e. The molecule has 0 radical (unpaired) electrons. The minimum Gasteiger partial charge on any atom is -0.463 e. The SMILES string of the molecule is CC(=O)OC[C@H]1OC(O)[C@H](OC(C)=O)C[C@@H]1OC(C)=O. The van der Waals surface area contributed by atoms with Gasteiger partial charge in [0.25, 0.3) is 0 Å². The third-order valence-corrected chi connectivity index (χ3v) is 2.60. The van der Waals surface area contributed by atoms with E-state index in [4.69, 9.17) is 18.9 Å². The zero-order valence-corrected chi connectivity index (χ0v) is 11.5. The van der Waals surface area contributed by atoms with Crippen LogP contribution in [0.1, 0.15) is 27.2 Å². The summed E-state index contributed by atoms with van der Waals surface area (Å²) in [5.74, 6) is -1.66. The van der Waals surface area contributed by atoms with Crippen molar-refractivity contribution >= 4 is 17.9 Å². The van der Waals surface area contributed by atoms with Gasteiger partial charge in [-0.3, -0.25) is 14.4 Å². The van der Waals surface area contributed by atoms with Crippen LogP contribution in [0.2, 0.25) is 0 Å². The maximum absolute atomic E-state index is 11.1. The molecule has 0 spiro atoms. The van der Waals surface area contributed by atoms with E-state index in [-0.39, 0.29) is 13.0 Å². The molecule has 1 N–H and O–H groups in total. The van der Waals surface area contributed by atoms with E-state index in [0.29, 0.717) is 0 Å². The van der Waals surface area contributed by atoms with Gasteiger partial charge in [-0.05, 0) is 0 Å². The Balaban J connectivity index is 2.70. The van der Waals surface area contributed by atoms with E-state index in [2.05, 4.69) is 0 Å². The molecular formula is C12H18O8. The molecule has 1 heterocycles. The second-order valence-electron chi connectivity index (χ2n) is 4.40. The summed E-state index contributed by atoms with van der Waals surface area (Å²) in [6.07, 6.45) is -3.84.